The number of thiophene rings is 1. The van der Waals surface area contributed by atoms with Gasteiger partial charge >= 0.3 is 12.1 Å². The zero-order valence-electron chi connectivity index (χ0n) is 23.5. The highest BCUT2D eigenvalue weighted by Crippen LogP contribution is 2.38. The van der Waals surface area contributed by atoms with Crippen molar-refractivity contribution in [2.24, 2.45) is 17.3 Å². The Labute approximate surface area is 230 Å². The van der Waals surface area contributed by atoms with Gasteiger partial charge in [-0.15, -0.1) is 11.3 Å². The van der Waals surface area contributed by atoms with Crippen molar-refractivity contribution in [1.29, 1.82) is 0 Å². The number of ether oxygens (including phenoxy) is 1. The fourth-order valence-corrected chi connectivity index (χ4v) is 6.68. The molecule has 2 aliphatic carbocycles. The second-order valence-electron chi connectivity index (χ2n) is 12.7. The van der Waals surface area contributed by atoms with Gasteiger partial charge in [-0.3, -0.25) is 4.79 Å². The molecule has 1 aromatic heterocycles. The van der Waals surface area contributed by atoms with E-state index in [4.69, 9.17) is 4.74 Å². The average Bonchev–Trinajstić information content (AvgIpc) is 3.58. The van der Waals surface area contributed by atoms with Crippen LogP contribution in [0.5, 0.6) is 0 Å². The number of hydrogen-bond donors (Lipinski definition) is 1. The molecule has 0 radical (unpaired) electrons. The van der Waals surface area contributed by atoms with Gasteiger partial charge in [0.25, 0.3) is 0 Å². The summed E-state index contributed by atoms with van der Waals surface area (Å²) in [5.41, 5.74) is -0.245. The van der Waals surface area contributed by atoms with Crippen LogP contribution < -0.4 is 4.90 Å². The molecule has 0 bridgehead atoms. The first-order valence-electron chi connectivity index (χ1n) is 14.1. The number of carboxylic acids is 1. The third-order valence-corrected chi connectivity index (χ3v) is 9.14. The molecule has 3 fully saturated rings. The standard InChI is InChI=1S/C30H42N2O5S/c1-20-8-10-21(11-9-20)26(33)32(24-18-23(12-16-29(2,3)4)38-25(24)27(34)35)22-13-17-31(19-22)28(36)37-30(5)14-6-7-15-30/h18,20-22H,6-11,13-15,17,19H2,1-5H3,(H,34,35)/t20?,21?,22-/m0/s1. The summed E-state index contributed by atoms with van der Waals surface area (Å²) in [7, 11) is 0. The van der Waals surface area contributed by atoms with Crippen LogP contribution in [0.1, 0.15) is 107 Å². The van der Waals surface area contributed by atoms with Crippen LogP contribution in [-0.2, 0) is 9.53 Å². The van der Waals surface area contributed by atoms with E-state index in [2.05, 4.69) is 18.8 Å². The summed E-state index contributed by atoms with van der Waals surface area (Å²) >= 11 is 1.12. The Morgan fingerprint density at radius 3 is 2.39 bits per heavy atom. The van der Waals surface area contributed by atoms with E-state index in [9.17, 15) is 19.5 Å². The molecule has 7 nitrogen and oxygen atoms in total. The summed E-state index contributed by atoms with van der Waals surface area (Å²) < 4.78 is 5.91. The molecule has 2 heterocycles. The lowest BCUT2D eigenvalue weighted by atomic mass is 9.82. The van der Waals surface area contributed by atoms with Gasteiger partial charge in [0.15, 0.2) is 0 Å². The average molecular weight is 543 g/mol. The molecule has 4 rings (SSSR count). The van der Waals surface area contributed by atoms with Crippen molar-refractivity contribution in [1.82, 2.24) is 4.90 Å². The first-order valence-corrected chi connectivity index (χ1v) is 14.9. The van der Waals surface area contributed by atoms with Crippen LogP contribution in [0.2, 0.25) is 0 Å². The predicted molar refractivity (Wildman–Crippen MR) is 150 cm³/mol. The minimum Gasteiger partial charge on any atom is -0.477 e. The number of rotatable bonds is 5. The normalized spacial score (nSPS) is 25.0. The molecule has 38 heavy (non-hydrogen) atoms. The summed E-state index contributed by atoms with van der Waals surface area (Å²) in [5, 5.41) is 10.1. The van der Waals surface area contributed by atoms with Crippen molar-refractivity contribution in [2.75, 3.05) is 18.0 Å². The summed E-state index contributed by atoms with van der Waals surface area (Å²) in [6.07, 6.45) is 7.69. The van der Waals surface area contributed by atoms with E-state index in [-0.39, 0.29) is 34.3 Å². The molecule has 1 aliphatic heterocycles. The zero-order valence-corrected chi connectivity index (χ0v) is 24.3. The number of carboxylic acid groups (broad SMARTS) is 1. The lowest BCUT2D eigenvalue weighted by Crippen LogP contribution is -2.47. The van der Waals surface area contributed by atoms with Gasteiger partial charge < -0.3 is 19.6 Å². The van der Waals surface area contributed by atoms with Gasteiger partial charge in [0.05, 0.1) is 16.6 Å². The highest BCUT2D eigenvalue weighted by atomic mass is 32.1. The first-order chi connectivity index (χ1) is 17.8. The van der Waals surface area contributed by atoms with Gasteiger partial charge in [0.1, 0.15) is 10.5 Å². The quantitative estimate of drug-likeness (QED) is 0.427. The zero-order chi connectivity index (χ0) is 27.7. The van der Waals surface area contributed by atoms with Crippen LogP contribution in [0, 0.1) is 29.1 Å². The predicted octanol–water partition coefficient (Wildman–Crippen LogP) is 6.55. The molecule has 0 aromatic carbocycles. The Balaban J connectivity index is 1.63. The van der Waals surface area contributed by atoms with E-state index in [0.29, 0.717) is 36.0 Å². The minimum atomic E-state index is -1.06. The molecule has 2 amide bonds. The molecular weight excluding hydrogens is 500 g/mol. The van der Waals surface area contributed by atoms with Crippen molar-refractivity contribution in [3.8, 4) is 11.8 Å². The maximum atomic E-state index is 14.1. The molecule has 1 aromatic rings. The Morgan fingerprint density at radius 2 is 1.79 bits per heavy atom. The van der Waals surface area contributed by atoms with Crippen molar-refractivity contribution >= 4 is 35.0 Å². The Hall–Kier alpha value is -2.53. The number of hydrogen-bond acceptors (Lipinski definition) is 5. The highest BCUT2D eigenvalue weighted by Gasteiger charge is 2.41. The number of carbonyl (C=O) groups is 3. The van der Waals surface area contributed by atoms with Crippen molar-refractivity contribution in [3.63, 3.8) is 0 Å². The molecule has 1 saturated heterocycles. The van der Waals surface area contributed by atoms with E-state index in [1.165, 1.54) is 0 Å². The van der Waals surface area contributed by atoms with Crippen LogP contribution in [0.25, 0.3) is 0 Å². The summed E-state index contributed by atoms with van der Waals surface area (Å²) in [4.78, 5) is 43.6. The van der Waals surface area contributed by atoms with Crippen molar-refractivity contribution in [3.05, 3.63) is 15.8 Å². The van der Waals surface area contributed by atoms with Gasteiger partial charge in [-0.25, -0.2) is 9.59 Å². The van der Waals surface area contributed by atoms with E-state index in [0.717, 1.165) is 62.7 Å². The molecule has 2 saturated carbocycles. The summed E-state index contributed by atoms with van der Waals surface area (Å²) in [5.74, 6) is 5.66. The lowest BCUT2D eigenvalue weighted by Gasteiger charge is -2.34. The molecule has 3 aliphatic rings. The van der Waals surface area contributed by atoms with Crippen LogP contribution in [-0.4, -0.2) is 52.7 Å². The van der Waals surface area contributed by atoms with Gasteiger partial charge in [0.2, 0.25) is 5.91 Å². The Bertz CT molecular complexity index is 1110. The second-order valence-corrected chi connectivity index (χ2v) is 13.8. The maximum absolute atomic E-state index is 14.1. The lowest BCUT2D eigenvalue weighted by molar-refractivity contribution is -0.124. The van der Waals surface area contributed by atoms with Gasteiger partial charge in [-0.2, -0.15) is 0 Å². The fraction of sp³-hybridized carbons (Fsp3) is 0.700. The fourth-order valence-electron chi connectivity index (χ4n) is 5.84. The molecule has 1 N–H and O–H groups in total. The van der Waals surface area contributed by atoms with Crippen molar-refractivity contribution in [2.45, 2.75) is 104 Å². The van der Waals surface area contributed by atoms with Crippen LogP contribution in [0.15, 0.2) is 6.07 Å². The molecule has 8 heteroatoms. The molecule has 0 spiro atoms. The van der Waals surface area contributed by atoms with Crippen LogP contribution in [0.4, 0.5) is 10.5 Å². The number of carbonyl (C=O) groups excluding carboxylic acids is 2. The number of amides is 2. The number of likely N-dealkylation sites (tertiary alicyclic amines) is 1. The SMILES string of the molecule is CC1CCC(C(=O)N(c2cc(C#CC(C)(C)C)sc2C(=O)O)[C@H]2CCN(C(=O)OC3(C)CCCC3)C2)CC1. The topological polar surface area (TPSA) is 87.2 Å². The van der Waals surface area contributed by atoms with Gasteiger partial charge in [0, 0.05) is 24.4 Å². The third kappa shape index (κ3) is 6.72. The second kappa shape index (κ2) is 11.3. The van der Waals surface area contributed by atoms with E-state index < -0.39 is 11.6 Å². The first kappa shape index (κ1) is 28.5. The van der Waals surface area contributed by atoms with E-state index in [1.807, 2.05) is 27.7 Å². The van der Waals surface area contributed by atoms with E-state index in [1.54, 1.807) is 15.9 Å². The molecule has 208 valence electrons. The smallest absolute Gasteiger partial charge is 0.410 e. The molecular formula is C30H42N2O5S. The maximum Gasteiger partial charge on any atom is 0.410 e. The third-order valence-electron chi connectivity index (χ3n) is 8.11. The van der Waals surface area contributed by atoms with Crippen LogP contribution >= 0.6 is 11.3 Å². The summed E-state index contributed by atoms with van der Waals surface area (Å²) in [6.45, 7) is 11.0. The van der Waals surface area contributed by atoms with E-state index >= 15 is 0 Å². The molecule has 0 unspecified atom stereocenters. The number of aromatic carboxylic acids is 1. The van der Waals surface area contributed by atoms with Crippen molar-refractivity contribution < 1.29 is 24.2 Å². The Morgan fingerprint density at radius 1 is 1.13 bits per heavy atom. The molecule has 1 atom stereocenters. The van der Waals surface area contributed by atoms with Gasteiger partial charge in [-0.1, -0.05) is 18.8 Å². The monoisotopic (exact) mass is 542 g/mol. The summed E-state index contributed by atoms with van der Waals surface area (Å²) in [6, 6.07) is 1.46. The number of nitrogens with zero attached hydrogens (tertiary/aromatic N) is 2. The highest BCUT2D eigenvalue weighted by molar-refractivity contribution is 7.15. The minimum absolute atomic E-state index is 0.0319. The largest absolute Gasteiger partial charge is 0.477 e. The van der Waals surface area contributed by atoms with Crippen LogP contribution in [0.3, 0.4) is 0 Å². The number of anilines is 1. The Kier molecular flexibility index (Phi) is 8.46. The van der Waals surface area contributed by atoms with Gasteiger partial charge in [-0.05, 0) is 97.5 Å².